The van der Waals surface area contributed by atoms with Crippen LogP contribution in [0.4, 0.5) is 0 Å². The van der Waals surface area contributed by atoms with Gasteiger partial charge in [0.05, 0.1) is 0 Å². The zero-order chi connectivity index (χ0) is 9.97. The third-order valence-electron chi connectivity index (χ3n) is 3.78. The van der Waals surface area contributed by atoms with Gasteiger partial charge in [-0.3, -0.25) is 4.90 Å². The Balaban J connectivity index is 1.94. The van der Waals surface area contributed by atoms with E-state index in [1.807, 2.05) is 0 Å². The van der Waals surface area contributed by atoms with E-state index in [4.69, 9.17) is 5.73 Å². The third kappa shape index (κ3) is 2.10. The average molecular weight is 214 g/mol. The monoisotopic (exact) mass is 214 g/mol. The highest BCUT2D eigenvalue weighted by Crippen LogP contribution is 2.33. The quantitative estimate of drug-likeness (QED) is 0.773. The molecule has 0 aromatic heterocycles. The Bertz CT molecular complexity index is 180. The molecule has 2 unspecified atom stereocenters. The molecule has 0 radical (unpaired) electrons. The van der Waals surface area contributed by atoms with Crippen molar-refractivity contribution in [2.24, 2.45) is 11.7 Å². The number of nitrogens with zero attached hydrogens (tertiary/aromatic N) is 1. The Hall–Kier alpha value is 0.270. The molecule has 1 aliphatic heterocycles. The van der Waals surface area contributed by atoms with Crippen LogP contribution in [0.2, 0.25) is 0 Å². The van der Waals surface area contributed by atoms with Gasteiger partial charge in [0.25, 0.3) is 0 Å². The third-order valence-corrected chi connectivity index (χ3v) is 4.97. The van der Waals surface area contributed by atoms with E-state index in [2.05, 4.69) is 23.6 Å². The van der Waals surface area contributed by atoms with E-state index in [1.165, 1.54) is 37.3 Å². The van der Waals surface area contributed by atoms with E-state index in [-0.39, 0.29) is 0 Å². The van der Waals surface area contributed by atoms with Crippen molar-refractivity contribution in [2.75, 3.05) is 24.6 Å². The Morgan fingerprint density at radius 2 is 2.29 bits per heavy atom. The fourth-order valence-corrected chi connectivity index (χ4v) is 3.70. The Morgan fingerprint density at radius 1 is 1.50 bits per heavy atom. The molecule has 14 heavy (non-hydrogen) atoms. The van der Waals surface area contributed by atoms with Crippen molar-refractivity contribution in [1.29, 1.82) is 0 Å². The highest BCUT2D eigenvalue weighted by Gasteiger charge is 2.33. The summed E-state index contributed by atoms with van der Waals surface area (Å²) in [4.78, 5) is 2.67. The van der Waals surface area contributed by atoms with Gasteiger partial charge in [0, 0.05) is 36.7 Å². The molecule has 1 saturated heterocycles. The van der Waals surface area contributed by atoms with Gasteiger partial charge in [0.15, 0.2) is 0 Å². The molecule has 1 saturated carbocycles. The minimum Gasteiger partial charge on any atom is -0.329 e. The SMILES string of the molecule is CC1CSCCN1C(CN)C1CCC1. The molecule has 2 rings (SSSR count). The number of hydrogen-bond donors (Lipinski definition) is 1. The van der Waals surface area contributed by atoms with Crippen molar-refractivity contribution in [2.45, 2.75) is 38.3 Å². The summed E-state index contributed by atoms with van der Waals surface area (Å²) in [5.41, 5.74) is 5.93. The van der Waals surface area contributed by atoms with Crippen molar-refractivity contribution in [1.82, 2.24) is 4.90 Å². The van der Waals surface area contributed by atoms with E-state index in [9.17, 15) is 0 Å². The predicted octanol–water partition coefficient (Wildman–Crippen LogP) is 1.55. The van der Waals surface area contributed by atoms with E-state index >= 15 is 0 Å². The minimum absolute atomic E-state index is 0.680. The Morgan fingerprint density at radius 3 is 2.79 bits per heavy atom. The standard InChI is InChI=1S/C11H22N2S/c1-9-8-14-6-5-13(9)11(7-12)10-3-2-4-10/h9-11H,2-8,12H2,1H3. The van der Waals surface area contributed by atoms with Gasteiger partial charge >= 0.3 is 0 Å². The van der Waals surface area contributed by atoms with E-state index < -0.39 is 0 Å². The fraction of sp³-hybridized carbons (Fsp3) is 1.00. The van der Waals surface area contributed by atoms with Crippen molar-refractivity contribution in [3.05, 3.63) is 0 Å². The van der Waals surface area contributed by atoms with Gasteiger partial charge in [-0.15, -0.1) is 0 Å². The molecular weight excluding hydrogens is 192 g/mol. The summed E-state index contributed by atoms with van der Waals surface area (Å²) >= 11 is 2.09. The van der Waals surface area contributed by atoms with Gasteiger partial charge in [-0.25, -0.2) is 0 Å². The van der Waals surface area contributed by atoms with Crippen LogP contribution in [0, 0.1) is 5.92 Å². The summed E-state index contributed by atoms with van der Waals surface area (Å²) in [6.45, 7) is 4.47. The first-order chi connectivity index (χ1) is 6.83. The van der Waals surface area contributed by atoms with E-state index in [0.717, 1.165) is 18.5 Å². The van der Waals surface area contributed by atoms with Crippen LogP contribution in [-0.4, -0.2) is 41.6 Å². The highest BCUT2D eigenvalue weighted by molar-refractivity contribution is 7.99. The lowest BCUT2D eigenvalue weighted by Gasteiger charge is -2.45. The summed E-state index contributed by atoms with van der Waals surface area (Å²) in [5.74, 6) is 3.50. The number of hydrogen-bond acceptors (Lipinski definition) is 3. The largest absolute Gasteiger partial charge is 0.329 e. The molecule has 2 aliphatic rings. The van der Waals surface area contributed by atoms with Crippen molar-refractivity contribution in [3.63, 3.8) is 0 Å². The van der Waals surface area contributed by atoms with Gasteiger partial charge in [-0.2, -0.15) is 11.8 Å². The molecule has 82 valence electrons. The summed E-state index contributed by atoms with van der Waals surface area (Å²) < 4.78 is 0. The van der Waals surface area contributed by atoms with Crippen LogP contribution in [-0.2, 0) is 0 Å². The van der Waals surface area contributed by atoms with E-state index in [0.29, 0.717) is 6.04 Å². The molecule has 1 aliphatic carbocycles. The van der Waals surface area contributed by atoms with Gasteiger partial charge in [-0.05, 0) is 25.7 Å². The molecule has 0 bridgehead atoms. The van der Waals surface area contributed by atoms with Crippen LogP contribution in [0.1, 0.15) is 26.2 Å². The van der Waals surface area contributed by atoms with Crippen molar-refractivity contribution < 1.29 is 0 Å². The maximum absolute atomic E-state index is 5.93. The molecule has 0 aromatic carbocycles. The molecule has 2 N–H and O–H groups in total. The normalized spacial score (nSPS) is 32.6. The molecule has 1 heterocycles. The van der Waals surface area contributed by atoms with Crippen molar-refractivity contribution >= 4 is 11.8 Å². The van der Waals surface area contributed by atoms with Crippen LogP contribution < -0.4 is 5.73 Å². The molecule has 2 atom stereocenters. The van der Waals surface area contributed by atoms with Gasteiger partial charge in [-0.1, -0.05) is 6.42 Å². The van der Waals surface area contributed by atoms with Crippen LogP contribution in [0.3, 0.4) is 0 Å². The zero-order valence-corrected chi connectivity index (χ0v) is 9.93. The first-order valence-electron chi connectivity index (χ1n) is 5.86. The average Bonchev–Trinajstić information content (AvgIpc) is 2.12. The first kappa shape index (κ1) is 10.8. The van der Waals surface area contributed by atoms with E-state index in [1.54, 1.807) is 0 Å². The molecule has 0 amide bonds. The second-order valence-electron chi connectivity index (χ2n) is 4.66. The second-order valence-corrected chi connectivity index (χ2v) is 5.81. The molecular formula is C11H22N2S. The summed E-state index contributed by atoms with van der Waals surface area (Å²) in [5, 5.41) is 0. The maximum Gasteiger partial charge on any atom is 0.0250 e. The number of nitrogens with two attached hydrogens (primary N) is 1. The lowest BCUT2D eigenvalue weighted by atomic mass is 9.78. The molecule has 3 heteroatoms. The number of thioether (sulfide) groups is 1. The zero-order valence-electron chi connectivity index (χ0n) is 9.11. The molecule has 0 aromatic rings. The minimum atomic E-state index is 0.680. The lowest BCUT2D eigenvalue weighted by Crippen LogP contribution is -2.54. The molecule has 2 fully saturated rings. The predicted molar refractivity (Wildman–Crippen MR) is 63.7 cm³/mol. The summed E-state index contributed by atoms with van der Waals surface area (Å²) in [6.07, 6.45) is 4.26. The maximum atomic E-state index is 5.93. The summed E-state index contributed by atoms with van der Waals surface area (Å²) in [7, 11) is 0. The first-order valence-corrected chi connectivity index (χ1v) is 7.02. The van der Waals surface area contributed by atoms with Crippen LogP contribution in [0.25, 0.3) is 0 Å². The Kier molecular flexibility index (Phi) is 3.74. The van der Waals surface area contributed by atoms with Crippen LogP contribution in [0.15, 0.2) is 0 Å². The van der Waals surface area contributed by atoms with Gasteiger partial charge in [0.2, 0.25) is 0 Å². The van der Waals surface area contributed by atoms with Gasteiger partial charge in [0.1, 0.15) is 0 Å². The fourth-order valence-electron chi connectivity index (χ4n) is 2.66. The van der Waals surface area contributed by atoms with Gasteiger partial charge < -0.3 is 5.73 Å². The van der Waals surface area contributed by atoms with Crippen molar-refractivity contribution in [3.8, 4) is 0 Å². The molecule has 2 nitrogen and oxygen atoms in total. The smallest absolute Gasteiger partial charge is 0.0250 e. The topological polar surface area (TPSA) is 29.3 Å². The van der Waals surface area contributed by atoms with Crippen LogP contribution >= 0.6 is 11.8 Å². The highest BCUT2D eigenvalue weighted by atomic mass is 32.2. The summed E-state index contributed by atoms with van der Waals surface area (Å²) in [6, 6.07) is 1.42. The lowest BCUT2D eigenvalue weighted by molar-refractivity contribution is 0.0793. The number of rotatable bonds is 3. The van der Waals surface area contributed by atoms with Crippen LogP contribution in [0.5, 0.6) is 0 Å². The molecule has 0 spiro atoms. The Labute approximate surface area is 91.6 Å². The second kappa shape index (κ2) is 4.86.